The van der Waals surface area contributed by atoms with Crippen LogP contribution in [0.15, 0.2) is 36.5 Å². The fraction of sp³-hybridized carbons (Fsp3) is 0.421. The Labute approximate surface area is 151 Å². The lowest BCUT2D eigenvalue weighted by Crippen LogP contribution is -2.61. The summed E-state index contributed by atoms with van der Waals surface area (Å²) in [6.45, 7) is 1.37. The molecule has 1 spiro atoms. The third kappa shape index (κ3) is 2.09. The molecule has 3 atom stereocenters. The molecule has 0 radical (unpaired) electrons. The van der Waals surface area contributed by atoms with E-state index < -0.39 is 5.66 Å². The smallest absolute Gasteiger partial charge is 0.272 e. The lowest BCUT2D eigenvalue weighted by Gasteiger charge is -2.42. The molecule has 0 bridgehead atoms. The van der Waals surface area contributed by atoms with Gasteiger partial charge in [-0.15, -0.1) is 0 Å². The van der Waals surface area contributed by atoms with E-state index in [4.69, 9.17) is 0 Å². The lowest BCUT2D eigenvalue weighted by molar-refractivity contribution is 0.0757. The molecular formula is C19H21N5O2. The Morgan fingerprint density at radius 2 is 2.08 bits per heavy atom. The van der Waals surface area contributed by atoms with E-state index in [9.17, 15) is 9.59 Å². The van der Waals surface area contributed by atoms with Crippen molar-refractivity contribution in [3.63, 3.8) is 0 Å². The van der Waals surface area contributed by atoms with Crippen molar-refractivity contribution in [2.75, 3.05) is 18.4 Å². The van der Waals surface area contributed by atoms with Gasteiger partial charge in [-0.1, -0.05) is 12.1 Å². The van der Waals surface area contributed by atoms with Crippen molar-refractivity contribution in [3.05, 3.63) is 47.8 Å². The van der Waals surface area contributed by atoms with Crippen molar-refractivity contribution in [3.8, 4) is 0 Å². The Kier molecular flexibility index (Phi) is 3.16. The van der Waals surface area contributed by atoms with Gasteiger partial charge in [0.15, 0.2) is 0 Å². The average Bonchev–Trinajstić information content (AvgIpc) is 3.32. The number of nitrogens with one attached hydrogen (secondary N) is 2. The largest absolute Gasteiger partial charge is 0.362 e. The summed E-state index contributed by atoms with van der Waals surface area (Å²) in [6.07, 6.45) is 3.52. The summed E-state index contributed by atoms with van der Waals surface area (Å²) in [7, 11) is 1.78. The molecule has 2 amide bonds. The minimum Gasteiger partial charge on any atom is -0.362 e. The van der Waals surface area contributed by atoms with Crippen LogP contribution < -0.4 is 10.6 Å². The molecule has 2 fully saturated rings. The molecule has 2 aromatic rings. The van der Waals surface area contributed by atoms with E-state index in [1.807, 2.05) is 29.2 Å². The van der Waals surface area contributed by atoms with Crippen LogP contribution in [0.25, 0.3) is 0 Å². The normalized spacial score (nSPS) is 29.3. The summed E-state index contributed by atoms with van der Waals surface area (Å²) < 4.78 is 1.61. The summed E-state index contributed by atoms with van der Waals surface area (Å²) in [5.41, 5.74) is 1.71. The van der Waals surface area contributed by atoms with Crippen LogP contribution in [0.2, 0.25) is 0 Å². The summed E-state index contributed by atoms with van der Waals surface area (Å²) >= 11 is 0. The zero-order valence-electron chi connectivity index (χ0n) is 14.6. The molecule has 134 valence electrons. The van der Waals surface area contributed by atoms with Crippen LogP contribution in [0.1, 0.15) is 33.7 Å². The molecule has 0 unspecified atom stereocenters. The van der Waals surface area contributed by atoms with E-state index in [2.05, 4.69) is 15.7 Å². The predicted molar refractivity (Wildman–Crippen MR) is 95.6 cm³/mol. The highest BCUT2D eigenvalue weighted by Crippen LogP contribution is 2.47. The molecule has 3 aliphatic rings. The number of para-hydroxylation sites is 1. The number of carbonyl (C=O) groups is 2. The molecule has 1 aliphatic carbocycles. The van der Waals surface area contributed by atoms with Crippen LogP contribution in [0.3, 0.4) is 0 Å². The van der Waals surface area contributed by atoms with Gasteiger partial charge in [-0.3, -0.25) is 14.3 Å². The van der Waals surface area contributed by atoms with Gasteiger partial charge in [-0.2, -0.15) is 5.10 Å². The van der Waals surface area contributed by atoms with Crippen LogP contribution in [-0.2, 0) is 7.05 Å². The van der Waals surface area contributed by atoms with E-state index in [-0.39, 0.29) is 17.7 Å². The van der Waals surface area contributed by atoms with Crippen molar-refractivity contribution >= 4 is 17.5 Å². The number of rotatable bonds is 1. The summed E-state index contributed by atoms with van der Waals surface area (Å²) in [5.74, 6) is 0.579. The molecular weight excluding hydrogens is 330 g/mol. The van der Waals surface area contributed by atoms with E-state index in [1.54, 1.807) is 24.0 Å². The Hall–Kier alpha value is -2.83. The summed E-state index contributed by atoms with van der Waals surface area (Å²) in [4.78, 5) is 27.4. The molecule has 1 aromatic carbocycles. The minimum atomic E-state index is -0.461. The highest BCUT2D eigenvalue weighted by atomic mass is 16.2. The maximum absolute atomic E-state index is 12.9. The van der Waals surface area contributed by atoms with E-state index >= 15 is 0 Å². The molecule has 2 N–H and O–H groups in total. The number of benzene rings is 1. The topological polar surface area (TPSA) is 79.3 Å². The highest BCUT2D eigenvalue weighted by Gasteiger charge is 2.55. The van der Waals surface area contributed by atoms with Gasteiger partial charge in [-0.05, 0) is 37.0 Å². The number of hydrogen-bond donors (Lipinski definition) is 2. The first-order valence-electron chi connectivity index (χ1n) is 9.04. The molecule has 1 saturated heterocycles. The van der Waals surface area contributed by atoms with Crippen molar-refractivity contribution in [2.45, 2.75) is 18.5 Å². The van der Waals surface area contributed by atoms with Crippen molar-refractivity contribution < 1.29 is 9.59 Å². The Bertz CT molecular complexity index is 907. The maximum Gasteiger partial charge on any atom is 0.272 e. The van der Waals surface area contributed by atoms with E-state index in [1.165, 1.54) is 0 Å². The summed E-state index contributed by atoms with van der Waals surface area (Å²) in [5, 5.41) is 10.9. The number of likely N-dealkylation sites (tertiary alicyclic amines) is 1. The number of fused-ring (bicyclic) bond motifs is 3. The van der Waals surface area contributed by atoms with Gasteiger partial charge in [0.2, 0.25) is 0 Å². The molecule has 7 heteroatoms. The lowest BCUT2D eigenvalue weighted by atomic mass is 9.89. The van der Waals surface area contributed by atoms with Gasteiger partial charge in [0.05, 0.1) is 5.56 Å². The van der Waals surface area contributed by atoms with Crippen molar-refractivity contribution in [2.24, 2.45) is 18.9 Å². The van der Waals surface area contributed by atoms with Crippen LogP contribution in [0.5, 0.6) is 0 Å². The number of amides is 2. The molecule has 1 aromatic heterocycles. The van der Waals surface area contributed by atoms with Crippen molar-refractivity contribution in [1.29, 1.82) is 0 Å². The second kappa shape index (κ2) is 5.33. The average molecular weight is 351 g/mol. The highest BCUT2D eigenvalue weighted by molar-refractivity contribution is 6.02. The second-order valence-electron chi connectivity index (χ2n) is 7.55. The first kappa shape index (κ1) is 15.4. The zero-order valence-corrected chi connectivity index (χ0v) is 14.6. The third-order valence-electron chi connectivity index (χ3n) is 6.18. The first-order valence-corrected chi connectivity index (χ1v) is 9.04. The van der Waals surface area contributed by atoms with Gasteiger partial charge < -0.3 is 15.5 Å². The van der Waals surface area contributed by atoms with Gasteiger partial charge in [0.25, 0.3) is 11.8 Å². The zero-order chi connectivity index (χ0) is 17.9. The standard InChI is InChI=1S/C19H21N5O2/c1-23-16(7-9-20-23)18(26)24-10-12-6-8-19(14(12)11-24)21-15-5-3-2-4-13(15)17(25)22-19/h2-5,7,9,12,14,21H,6,8,10-11H2,1H3,(H,22,25)/t12-,14+,19+/m1/s1. The van der Waals surface area contributed by atoms with Crippen LogP contribution >= 0.6 is 0 Å². The number of anilines is 1. The van der Waals surface area contributed by atoms with Crippen LogP contribution in [0, 0.1) is 11.8 Å². The Morgan fingerprint density at radius 1 is 1.23 bits per heavy atom. The number of aromatic nitrogens is 2. The maximum atomic E-state index is 12.9. The van der Waals surface area contributed by atoms with Crippen LogP contribution in [-0.4, -0.2) is 45.2 Å². The fourth-order valence-corrected chi connectivity index (χ4v) is 4.87. The van der Waals surface area contributed by atoms with Crippen molar-refractivity contribution in [1.82, 2.24) is 20.0 Å². The van der Waals surface area contributed by atoms with Gasteiger partial charge in [0, 0.05) is 37.9 Å². The Balaban J connectivity index is 1.42. The molecule has 3 heterocycles. The minimum absolute atomic E-state index is 0.0112. The monoisotopic (exact) mass is 351 g/mol. The first-order chi connectivity index (χ1) is 12.6. The van der Waals surface area contributed by atoms with Gasteiger partial charge >= 0.3 is 0 Å². The van der Waals surface area contributed by atoms with E-state index in [0.717, 1.165) is 25.1 Å². The number of carbonyl (C=O) groups excluding carboxylic acids is 2. The van der Waals surface area contributed by atoms with Gasteiger partial charge in [0.1, 0.15) is 11.4 Å². The number of aryl methyl sites for hydroxylation is 1. The molecule has 7 nitrogen and oxygen atoms in total. The summed E-state index contributed by atoms with van der Waals surface area (Å²) in [6, 6.07) is 9.36. The molecule has 26 heavy (non-hydrogen) atoms. The van der Waals surface area contributed by atoms with Crippen LogP contribution in [0.4, 0.5) is 5.69 Å². The SMILES string of the molecule is Cn1nccc1C(=O)N1C[C@H]2CC[C@]3(NC(=O)c4ccccc4N3)[C@H]2C1. The quantitative estimate of drug-likeness (QED) is 0.815. The second-order valence-corrected chi connectivity index (χ2v) is 7.55. The van der Waals surface area contributed by atoms with Gasteiger partial charge in [-0.25, -0.2) is 0 Å². The predicted octanol–water partition coefficient (Wildman–Crippen LogP) is 1.45. The number of nitrogens with zero attached hydrogens (tertiary/aromatic N) is 3. The fourth-order valence-electron chi connectivity index (χ4n) is 4.87. The molecule has 5 rings (SSSR count). The Morgan fingerprint density at radius 3 is 2.88 bits per heavy atom. The third-order valence-corrected chi connectivity index (χ3v) is 6.18. The molecule has 1 saturated carbocycles. The molecule has 2 aliphatic heterocycles. The van der Waals surface area contributed by atoms with E-state index in [0.29, 0.717) is 23.7 Å². The number of hydrogen-bond acceptors (Lipinski definition) is 4.